The second-order valence-electron chi connectivity index (χ2n) is 6.45. The van der Waals surface area contributed by atoms with Crippen molar-refractivity contribution in [3.8, 4) is 5.75 Å². The molecule has 0 spiro atoms. The number of halogens is 2. The number of ether oxygens (including phenoxy) is 2. The fourth-order valence-electron chi connectivity index (χ4n) is 2.75. The number of benzene rings is 2. The normalized spacial score (nSPS) is 15.2. The number of nitrogens with zero attached hydrogens (tertiary/aromatic N) is 1. The molecule has 1 heterocycles. The van der Waals surface area contributed by atoms with Gasteiger partial charge in [0.05, 0.1) is 16.4 Å². The lowest BCUT2D eigenvalue weighted by Gasteiger charge is -2.26. The Bertz CT molecular complexity index is 1130. The molecule has 3 rings (SSSR count). The largest absolute Gasteiger partial charge is 0.481 e. The van der Waals surface area contributed by atoms with E-state index in [1.807, 2.05) is 29.5 Å². The third-order valence-corrected chi connectivity index (χ3v) is 6.07. The van der Waals surface area contributed by atoms with E-state index < -0.39 is 23.8 Å². The highest BCUT2D eigenvalue weighted by atomic mass is 127. The first-order chi connectivity index (χ1) is 14.7. The van der Waals surface area contributed by atoms with Crippen LogP contribution in [0.4, 0.5) is 10.5 Å². The van der Waals surface area contributed by atoms with Gasteiger partial charge in [0.15, 0.2) is 6.61 Å². The fourth-order valence-corrected chi connectivity index (χ4v) is 3.69. The van der Waals surface area contributed by atoms with Gasteiger partial charge in [-0.1, -0.05) is 22.0 Å². The second-order valence-corrected chi connectivity index (χ2v) is 8.46. The molecule has 2 aromatic rings. The van der Waals surface area contributed by atoms with Crippen molar-refractivity contribution in [2.75, 3.05) is 18.6 Å². The van der Waals surface area contributed by atoms with Crippen molar-refractivity contribution in [3.05, 3.63) is 61.1 Å². The summed E-state index contributed by atoms with van der Waals surface area (Å²) in [5.74, 6) is -1.56. The summed E-state index contributed by atoms with van der Waals surface area (Å²) in [6, 6.07) is 9.13. The van der Waals surface area contributed by atoms with Gasteiger partial charge in [-0.15, -0.1) is 0 Å². The van der Waals surface area contributed by atoms with Crippen LogP contribution in [0.5, 0.6) is 5.75 Å². The molecule has 1 fully saturated rings. The molecular weight excluding hydrogens is 583 g/mol. The van der Waals surface area contributed by atoms with Gasteiger partial charge in [0.25, 0.3) is 11.8 Å². The number of imide groups is 2. The predicted octanol–water partition coefficient (Wildman–Crippen LogP) is 3.58. The average molecular weight is 599 g/mol. The molecule has 0 saturated carbocycles. The maximum absolute atomic E-state index is 13.0. The molecule has 1 aliphatic rings. The molecule has 160 valence electrons. The van der Waals surface area contributed by atoms with E-state index in [-0.39, 0.29) is 12.2 Å². The lowest BCUT2D eigenvalue weighted by molar-refractivity contribution is -0.143. The Labute approximate surface area is 199 Å². The Hall–Kier alpha value is -2.73. The highest BCUT2D eigenvalue weighted by Crippen LogP contribution is 2.27. The lowest BCUT2D eigenvalue weighted by Crippen LogP contribution is -2.54. The second kappa shape index (κ2) is 9.60. The summed E-state index contributed by atoms with van der Waals surface area (Å²) in [5, 5.41) is 2.20. The zero-order chi connectivity index (χ0) is 22.7. The molecule has 0 radical (unpaired) electrons. The number of nitrogens with one attached hydrogen (secondary N) is 1. The number of rotatable bonds is 5. The number of urea groups is 1. The van der Waals surface area contributed by atoms with Crippen LogP contribution in [0.1, 0.15) is 11.1 Å². The van der Waals surface area contributed by atoms with Gasteiger partial charge < -0.3 is 9.47 Å². The molecule has 8 nitrogen and oxygen atoms in total. The monoisotopic (exact) mass is 598 g/mol. The van der Waals surface area contributed by atoms with Gasteiger partial charge in [0.2, 0.25) is 0 Å². The van der Waals surface area contributed by atoms with Crippen molar-refractivity contribution in [2.24, 2.45) is 0 Å². The summed E-state index contributed by atoms with van der Waals surface area (Å²) in [6.45, 7) is 1.59. The molecule has 31 heavy (non-hydrogen) atoms. The van der Waals surface area contributed by atoms with Crippen LogP contribution in [0.3, 0.4) is 0 Å². The zero-order valence-electron chi connectivity index (χ0n) is 16.4. The van der Waals surface area contributed by atoms with Crippen molar-refractivity contribution in [3.63, 3.8) is 0 Å². The summed E-state index contributed by atoms with van der Waals surface area (Å²) in [5.41, 5.74) is 1.55. The Morgan fingerprint density at radius 1 is 1.19 bits per heavy atom. The van der Waals surface area contributed by atoms with Crippen LogP contribution in [0.2, 0.25) is 0 Å². The number of barbiturate groups is 1. The first kappa shape index (κ1) is 22.9. The van der Waals surface area contributed by atoms with Crippen molar-refractivity contribution in [2.45, 2.75) is 6.92 Å². The van der Waals surface area contributed by atoms with E-state index in [1.165, 1.54) is 13.2 Å². The molecule has 10 heteroatoms. The summed E-state index contributed by atoms with van der Waals surface area (Å²) in [6.07, 6.45) is 1.40. The molecule has 2 aromatic carbocycles. The van der Waals surface area contributed by atoms with Gasteiger partial charge in [-0.3, -0.25) is 14.9 Å². The summed E-state index contributed by atoms with van der Waals surface area (Å²) in [4.78, 5) is 49.8. The third kappa shape index (κ3) is 5.13. The maximum atomic E-state index is 13.0. The first-order valence-electron chi connectivity index (χ1n) is 8.88. The summed E-state index contributed by atoms with van der Waals surface area (Å²) < 4.78 is 11.4. The van der Waals surface area contributed by atoms with Crippen molar-refractivity contribution in [1.29, 1.82) is 0 Å². The molecule has 0 aliphatic carbocycles. The van der Waals surface area contributed by atoms with Crippen molar-refractivity contribution in [1.82, 2.24) is 5.32 Å². The lowest BCUT2D eigenvalue weighted by atomic mass is 10.1. The van der Waals surface area contributed by atoms with Crippen LogP contribution in [0.15, 0.2) is 46.4 Å². The molecule has 0 bridgehead atoms. The van der Waals surface area contributed by atoms with Gasteiger partial charge in [0.1, 0.15) is 11.3 Å². The molecule has 1 N–H and O–H groups in total. The average Bonchev–Trinajstić information content (AvgIpc) is 2.72. The van der Waals surface area contributed by atoms with E-state index >= 15 is 0 Å². The van der Waals surface area contributed by atoms with E-state index in [2.05, 4.69) is 26.0 Å². The molecule has 1 saturated heterocycles. The Morgan fingerprint density at radius 3 is 2.58 bits per heavy atom. The van der Waals surface area contributed by atoms with E-state index in [4.69, 9.17) is 4.74 Å². The highest BCUT2D eigenvalue weighted by molar-refractivity contribution is 14.1. The zero-order valence-corrected chi connectivity index (χ0v) is 20.1. The maximum Gasteiger partial charge on any atom is 0.343 e. The molecule has 0 atom stereocenters. The van der Waals surface area contributed by atoms with Gasteiger partial charge in [-0.2, -0.15) is 0 Å². The Morgan fingerprint density at radius 2 is 1.94 bits per heavy atom. The quantitative estimate of drug-likeness (QED) is 0.244. The van der Waals surface area contributed by atoms with Gasteiger partial charge in [-0.05, 0) is 77.0 Å². The molecule has 1 aliphatic heterocycles. The van der Waals surface area contributed by atoms with Crippen LogP contribution in [-0.4, -0.2) is 37.5 Å². The first-order valence-corrected chi connectivity index (χ1v) is 10.7. The number of carbonyl (C=O) groups is 4. The van der Waals surface area contributed by atoms with Crippen LogP contribution in [-0.2, 0) is 19.1 Å². The number of methoxy groups -OCH3 is 1. The smallest absolute Gasteiger partial charge is 0.343 e. The number of amides is 4. The van der Waals surface area contributed by atoms with Crippen LogP contribution in [0.25, 0.3) is 6.08 Å². The Kier molecular flexibility index (Phi) is 7.11. The summed E-state index contributed by atoms with van der Waals surface area (Å²) >= 11 is 5.39. The van der Waals surface area contributed by atoms with Crippen LogP contribution in [0, 0.1) is 10.5 Å². The summed E-state index contributed by atoms with van der Waals surface area (Å²) in [7, 11) is 1.27. The number of hydrogen-bond acceptors (Lipinski definition) is 6. The van der Waals surface area contributed by atoms with Crippen LogP contribution < -0.4 is 15.0 Å². The Balaban J connectivity index is 1.90. The number of aryl methyl sites for hydroxylation is 1. The van der Waals surface area contributed by atoms with Crippen molar-refractivity contribution >= 4 is 74.1 Å². The minimum atomic E-state index is -0.810. The van der Waals surface area contributed by atoms with E-state index in [0.717, 1.165) is 14.9 Å². The minimum absolute atomic E-state index is 0.181. The van der Waals surface area contributed by atoms with E-state index in [1.54, 1.807) is 36.4 Å². The molecule has 0 unspecified atom stereocenters. The standard InChI is InChI=1S/C21H16BrIN2O6/c1-11-7-13(4-5-15(11)22)25-20(28)14(19(27)24-21(25)29)8-12-3-6-17(16(23)9-12)31-10-18(26)30-2/h3-9H,10H2,1-2H3,(H,24,27,29)/b14-8+. The van der Waals surface area contributed by atoms with Crippen molar-refractivity contribution < 1.29 is 28.7 Å². The topological polar surface area (TPSA) is 102 Å². The minimum Gasteiger partial charge on any atom is -0.481 e. The molecule has 0 aromatic heterocycles. The predicted molar refractivity (Wildman–Crippen MR) is 125 cm³/mol. The number of esters is 1. The van der Waals surface area contributed by atoms with Gasteiger partial charge >= 0.3 is 12.0 Å². The number of anilines is 1. The van der Waals surface area contributed by atoms with Gasteiger partial charge in [0, 0.05) is 4.47 Å². The molecular formula is C21H16BrIN2O6. The van der Waals surface area contributed by atoms with Gasteiger partial charge in [-0.25, -0.2) is 14.5 Å². The SMILES string of the molecule is COC(=O)COc1ccc(/C=C2\C(=O)NC(=O)N(c3ccc(Br)c(C)c3)C2=O)cc1I. The highest BCUT2D eigenvalue weighted by Gasteiger charge is 2.36. The number of carbonyl (C=O) groups excluding carboxylic acids is 4. The third-order valence-electron chi connectivity index (χ3n) is 4.34. The number of hydrogen-bond donors (Lipinski definition) is 1. The fraction of sp³-hybridized carbons (Fsp3) is 0.143. The van der Waals surface area contributed by atoms with E-state index in [0.29, 0.717) is 20.6 Å². The van der Waals surface area contributed by atoms with Crippen LogP contribution >= 0.6 is 38.5 Å². The molecule has 4 amide bonds. The van der Waals surface area contributed by atoms with E-state index in [9.17, 15) is 19.2 Å².